The van der Waals surface area contributed by atoms with Crippen molar-refractivity contribution in [3.05, 3.63) is 35.9 Å². The summed E-state index contributed by atoms with van der Waals surface area (Å²) in [4.78, 5) is 13.6. The van der Waals surface area contributed by atoms with Crippen LogP contribution >= 0.6 is 0 Å². The van der Waals surface area contributed by atoms with Crippen molar-refractivity contribution in [2.75, 3.05) is 13.1 Å². The zero-order chi connectivity index (χ0) is 12.3. The third-order valence-corrected chi connectivity index (χ3v) is 3.14. The molecule has 1 saturated heterocycles. The van der Waals surface area contributed by atoms with Gasteiger partial charge in [0.25, 0.3) is 0 Å². The van der Waals surface area contributed by atoms with Gasteiger partial charge in [-0.25, -0.2) is 0 Å². The number of hydrogen-bond acceptors (Lipinski definition) is 3. The van der Waals surface area contributed by atoms with Crippen LogP contribution in [0.25, 0.3) is 0 Å². The Hall–Kier alpha value is -1.39. The highest BCUT2D eigenvalue weighted by molar-refractivity contribution is 5.77. The van der Waals surface area contributed by atoms with Crippen LogP contribution in [0.15, 0.2) is 30.3 Å². The first-order valence-corrected chi connectivity index (χ1v) is 5.93. The van der Waals surface area contributed by atoms with Gasteiger partial charge in [0, 0.05) is 25.6 Å². The molecule has 0 aromatic heterocycles. The number of nitrogens with two attached hydrogens (primary N) is 1. The van der Waals surface area contributed by atoms with Crippen LogP contribution < -0.4 is 5.73 Å². The standard InChI is InChI=1S/C13H18N2O2/c14-12(10-4-2-1-3-5-10)8-13(17)15-7-6-11(16)9-15/h1-5,11-12,16H,6-9,14H2. The molecule has 92 valence electrons. The SMILES string of the molecule is NC(CC(=O)N1CCC(O)C1)c1ccccc1. The molecule has 2 rings (SSSR count). The summed E-state index contributed by atoms with van der Waals surface area (Å²) in [5, 5.41) is 9.37. The van der Waals surface area contributed by atoms with Crippen molar-refractivity contribution in [2.45, 2.75) is 25.0 Å². The van der Waals surface area contributed by atoms with E-state index in [1.54, 1.807) is 4.90 Å². The summed E-state index contributed by atoms with van der Waals surface area (Å²) in [6.07, 6.45) is 0.607. The fraction of sp³-hybridized carbons (Fsp3) is 0.462. The maximum Gasteiger partial charge on any atom is 0.224 e. The van der Waals surface area contributed by atoms with Gasteiger partial charge >= 0.3 is 0 Å². The lowest BCUT2D eigenvalue weighted by Crippen LogP contribution is -2.32. The minimum atomic E-state index is -0.369. The molecular formula is C13H18N2O2. The van der Waals surface area contributed by atoms with Gasteiger partial charge in [-0.15, -0.1) is 0 Å². The summed E-state index contributed by atoms with van der Waals surface area (Å²) >= 11 is 0. The van der Waals surface area contributed by atoms with E-state index in [-0.39, 0.29) is 18.1 Å². The maximum atomic E-state index is 11.9. The van der Waals surface area contributed by atoms with Crippen LogP contribution in [0.1, 0.15) is 24.4 Å². The topological polar surface area (TPSA) is 66.6 Å². The number of amides is 1. The number of benzene rings is 1. The molecule has 1 aromatic rings. The van der Waals surface area contributed by atoms with Crippen LogP contribution in [0.3, 0.4) is 0 Å². The molecular weight excluding hydrogens is 216 g/mol. The highest BCUT2D eigenvalue weighted by atomic mass is 16.3. The minimum absolute atomic E-state index is 0.0258. The molecule has 1 fully saturated rings. The highest BCUT2D eigenvalue weighted by Gasteiger charge is 2.25. The van der Waals surface area contributed by atoms with Crippen molar-refractivity contribution < 1.29 is 9.90 Å². The molecule has 2 atom stereocenters. The van der Waals surface area contributed by atoms with Gasteiger partial charge in [0.05, 0.1) is 6.10 Å². The number of aliphatic hydroxyl groups is 1. The molecule has 1 heterocycles. The van der Waals surface area contributed by atoms with Gasteiger partial charge in [-0.05, 0) is 12.0 Å². The number of carbonyl (C=O) groups excluding carboxylic acids is 1. The van der Waals surface area contributed by atoms with E-state index in [0.29, 0.717) is 25.9 Å². The van der Waals surface area contributed by atoms with Gasteiger partial charge < -0.3 is 15.7 Å². The number of β-amino-alcohol motifs (C(OH)–C–C–N with tert-alkyl or cyclic N) is 1. The number of aliphatic hydroxyl groups excluding tert-OH is 1. The minimum Gasteiger partial charge on any atom is -0.391 e. The lowest BCUT2D eigenvalue weighted by Gasteiger charge is -2.18. The van der Waals surface area contributed by atoms with Crippen molar-refractivity contribution >= 4 is 5.91 Å². The van der Waals surface area contributed by atoms with Gasteiger partial charge in [0.1, 0.15) is 0 Å². The Labute approximate surface area is 101 Å². The second kappa shape index (κ2) is 5.29. The summed E-state index contributed by atoms with van der Waals surface area (Å²) in [6, 6.07) is 9.35. The summed E-state index contributed by atoms with van der Waals surface area (Å²) in [7, 11) is 0. The van der Waals surface area contributed by atoms with Crippen LogP contribution in [-0.4, -0.2) is 35.1 Å². The Morgan fingerprint density at radius 2 is 2.18 bits per heavy atom. The van der Waals surface area contributed by atoms with Gasteiger partial charge in [0.15, 0.2) is 0 Å². The third kappa shape index (κ3) is 3.05. The van der Waals surface area contributed by atoms with Crippen molar-refractivity contribution in [2.24, 2.45) is 5.73 Å². The lowest BCUT2D eigenvalue weighted by molar-refractivity contribution is -0.130. The quantitative estimate of drug-likeness (QED) is 0.807. The molecule has 17 heavy (non-hydrogen) atoms. The second-order valence-corrected chi connectivity index (χ2v) is 4.50. The van der Waals surface area contributed by atoms with Crippen molar-refractivity contribution in [1.29, 1.82) is 0 Å². The summed E-state index contributed by atoms with van der Waals surface area (Å²) in [5.74, 6) is 0.0258. The molecule has 0 saturated carbocycles. The molecule has 0 aliphatic carbocycles. The Bertz CT molecular complexity index is 380. The smallest absolute Gasteiger partial charge is 0.224 e. The van der Waals surface area contributed by atoms with E-state index >= 15 is 0 Å². The van der Waals surface area contributed by atoms with Gasteiger partial charge in [-0.3, -0.25) is 4.79 Å². The Morgan fingerprint density at radius 3 is 2.76 bits per heavy atom. The maximum absolute atomic E-state index is 11.9. The average Bonchev–Trinajstić information content (AvgIpc) is 2.77. The number of carbonyl (C=O) groups is 1. The second-order valence-electron chi connectivity index (χ2n) is 4.50. The number of likely N-dealkylation sites (tertiary alicyclic amines) is 1. The predicted octanol–water partition coefficient (Wildman–Crippen LogP) is 0.670. The first-order chi connectivity index (χ1) is 8.16. The van der Waals surface area contributed by atoms with E-state index in [4.69, 9.17) is 5.73 Å². The van der Waals surface area contributed by atoms with E-state index < -0.39 is 0 Å². The van der Waals surface area contributed by atoms with Crippen molar-refractivity contribution in [1.82, 2.24) is 4.90 Å². The molecule has 4 heteroatoms. The zero-order valence-corrected chi connectivity index (χ0v) is 9.75. The molecule has 4 nitrogen and oxygen atoms in total. The van der Waals surface area contributed by atoms with Crippen LogP contribution in [0.5, 0.6) is 0 Å². The van der Waals surface area contributed by atoms with Crippen LogP contribution in [-0.2, 0) is 4.79 Å². The Balaban J connectivity index is 1.91. The average molecular weight is 234 g/mol. The molecule has 0 radical (unpaired) electrons. The van der Waals surface area contributed by atoms with E-state index in [0.717, 1.165) is 5.56 Å². The third-order valence-electron chi connectivity index (χ3n) is 3.14. The van der Waals surface area contributed by atoms with E-state index in [9.17, 15) is 9.90 Å². The molecule has 0 spiro atoms. The van der Waals surface area contributed by atoms with Crippen LogP contribution in [0.2, 0.25) is 0 Å². The fourth-order valence-corrected chi connectivity index (χ4v) is 2.10. The molecule has 2 unspecified atom stereocenters. The van der Waals surface area contributed by atoms with Crippen LogP contribution in [0.4, 0.5) is 0 Å². The van der Waals surface area contributed by atoms with E-state index in [1.165, 1.54) is 0 Å². The lowest BCUT2D eigenvalue weighted by atomic mass is 10.0. The number of nitrogens with zero attached hydrogens (tertiary/aromatic N) is 1. The highest BCUT2D eigenvalue weighted by Crippen LogP contribution is 2.17. The van der Waals surface area contributed by atoms with Crippen molar-refractivity contribution in [3.8, 4) is 0 Å². The Morgan fingerprint density at radius 1 is 1.47 bits per heavy atom. The summed E-state index contributed by atoms with van der Waals surface area (Å²) in [6.45, 7) is 1.09. The Kier molecular flexibility index (Phi) is 3.76. The van der Waals surface area contributed by atoms with Crippen molar-refractivity contribution in [3.63, 3.8) is 0 Å². The normalized spacial score (nSPS) is 21.5. The summed E-state index contributed by atoms with van der Waals surface area (Å²) < 4.78 is 0. The van der Waals surface area contributed by atoms with Gasteiger partial charge in [-0.2, -0.15) is 0 Å². The number of hydrogen-bond donors (Lipinski definition) is 2. The van der Waals surface area contributed by atoms with Gasteiger partial charge in [0.2, 0.25) is 5.91 Å². The largest absolute Gasteiger partial charge is 0.391 e. The first kappa shape index (κ1) is 12.1. The first-order valence-electron chi connectivity index (χ1n) is 5.93. The molecule has 1 aliphatic rings. The van der Waals surface area contributed by atoms with E-state index in [2.05, 4.69) is 0 Å². The monoisotopic (exact) mass is 234 g/mol. The fourth-order valence-electron chi connectivity index (χ4n) is 2.10. The molecule has 3 N–H and O–H groups in total. The van der Waals surface area contributed by atoms with Gasteiger partial charge in [-0.1, -0.05) is 30.3 Å². The zero-order valence-electron chi connectivity index (χ0n) is 9.75. The van der Waals surface area contributed by atoms with E-state index in [1.807, 2.05) is 30.3 Å². The molecule has 0 bridgehead atoms. The summed E-state index contributed by atoms with van der Waals surface area (Å²) in [5.41, 5.74) is 6.96. The molecule has 1 amide bonds. The number of rotatable bonds is 3. The predicted molar refractivity (Wildman–Crippen MR) is 65.2 cm³/mol. The molecule has 1 aromatic carbocycles. The van der Waals surface area contributed by atoms with Crippen LogP contribution in [0, 0.1) is 0 Å². The molecule has 1 aliphatic heterocycles.